The molecule has 0 radical (unpaired) electrons. The van der Waals surface area contributed by atoms with E-state index in [1.165, 1.54) is 19.3 Å². The van der Waals surface area contributed by atoms with Crippen molar-refractivity contribution in [3.05, 3.63) is 0 Å². The molecule has 1 nitrogen and oxygen atoms in total. The minimum Gasteiger partial charge on any atom is -1.00 e. The van der Waals surface area contributed by atoms with Gasteiger partial charge in [-0.15, -0.1) is 0 Å². The van der Waals surface area contributed by atoms with Crippen LogP contribution in [0.3, 0.4) is 0 Å². The first-order chi connectivity index (χ1) is 4.41. The Kier molecular flexibility index (Phi) is 6.92. The Labute approximate surface area is 109 Å². The van der Waals surface area contributed by atoms with E-state index in [4.69, 9.17) is 0 Å². The zero-order valence-corrected chi connectivity index (χ0v) is 10.7. The molecule has 1 saturated heterocycles. The minimum absolute atomic E-state index is 0. The van der Waals surface area contributed by atoms with Crippen molar-refractivity contribution in [1.82, 2.24) is 5.32 Å². The van der Waals surface area contributed by atoms with Gasteiger partial charge >= 0.3 is 41.9 Å². The second kappa shape index (κ2) is 5.27. The van der Waals surface area contributed by atoms with Crippen LogP contribution in [0.5, 0.6) is 0 Å². The quantitative estimate of drug-likeness (QED) is 0.479. The van der Waals surface area contributed by atoms with E-state index in [1.807, 2.05) is 0 Å². The molecule has 0 saturated carbocycles. The summed E-state index contributed by atoms with van der Waals surface area (Å²) in [7, 11) is 0. The summed E-state index contributed by atoms with van der Waals surface area (Å²) in [6, 6.07) is 0. The fourth-order valence-corrected chi connectivity index (χ4v) is 2.01. The summed E-state index contributed by atoms with van der Waals surface area (Å²) in [6.45, 7) is 9.14. The summed E-state index contributed by atoms with van der Waals surface area (Å²) in [4.78, 5) is 0. The average molecular weight is 176 g/mol. The third-order valence-corrected chi connectivity index (χ3v) is 2.28. The number of hydrogen-bond donors (Lipinski definition) is 1. The van der Waals surface area contributed by atoms with Crippen molar-refractivity contribution in [3.63, 3.8) is 0 Å². The van der Waals surface area contributed by atoms with Gasteiger partial charge in [-0.25, -0.2) is 0 Å². The molecular weight excluding hydrogens is 153 g/mol. The van der Waals surface area contributed by atoms with Crippen molar-refractivity contribution in [1.29, 1.82) is 0 Å². The first-order valence-corrected chi connectivity index (χ1v) is 4.21. The molecule has 0 unspecified atom stereocenters. The first-order valence-electron chi connectivity index (χ1n) is 4.21. The van der Waals surface area contributed by atoms with Crippen LogP contribution < -0.4 is 24.2 Å². The van der Waals surface area contributed by atoms with Crippen LogP contribution in [0, 0.1) is 0 Å². The standard InChI is InChI=1S/C9H19N.Li.Mg.3H/c1-8(2)6-5-7-9(3,4)10-8;;;;;/h10H,5-7H2,1-4H3;;;;;/q;+1;+2;3*-1. The van der Waals surface area contributed by atoms with E-state index in [0.29, 0.717) is 11.1 Å². The molecule has 0 aromatic heterocycles. The molecule has 0 amide bonds. The summed E-state index contributed by atoms with van der Waals surface area (Å²) in [5.41, 5.74) is 0.726. The van der Waals surface area contributed by atoms with Gasteiger partial charge in [0.25, 0.3) is 0 Å². The molecule has 1 aliphatic heterocycles. The number of hydrogen-bond acceptors (Lipinski definition) is 1. The fourth-order valence-electron chi connectivity index (χ4n) is 2.01. The molecule has 0 bridgehead atoms. The summed E-state index contributed by atoms with van der Waals surface area (Å²) in [5.74, 6) is 0. The molecule has 1 aliphatic rings. The van der Waals surface area contributed by atoms with E-state index < -0.39 is 0 Å². The number of nitrogens with one attached hydrogen (secondary N) is 1. The van der Waals surface area contributed by atoms with Crippen molar-refractivity contribution in [2.45, 2.75) is 58.0 Å². The maximum Gasteiger partial charge on any atom is 2.00 e. The van der Waals surface area contributed by atoms with Gasteiger partial charge in [-0.3, -0.25) is 0 Å². The molecule has 3 heteroatoms. The predicted molar refractivity (Wildman–Crippen MR) is 54.2 cm³/mol. The van der Waals surface area contributed by atoms with Crippen molar-refractivity contribution in [2.75, 3.05) is 0 Å². The molecule has 1 fully saturated rings. The molecule has 66 valence electrons. The molecular formula is C9H22LiMgN. The summed E-state index contributed by atoms with van der Waals surface area (Å²) >= 11 is 0. The maximum atomic E-state index is 3.63. The van der Waals surface area contributed by atoms with E-state index in [1.54, 1.807) is 0 Å². The van der Waals surface area contributed by atoms with Gasteiger partial charge in [-0.05, 0) is 47.0 Å². The van der Waals surface area contributed by atoms with E-state index >= 15 is 0 Å². The monoisotopic (exact) mass is 175 g/mol. The van der Waals surface area contributed by atoms with Crippen LogP contribution in [0.25, 0.3) is 0 Å². The Morgan fingerprint density at radius 1 is 1.00 bits per heavy atom. The van der Waals surface area contributed by atoms with Crippen molar-refractivity contribution >= 4 is 23.1 Å². The van der Waals surface area contributed by atoms with Gasteiger partial charge in [0.2, 0.25) is 0 Å². The van der Waals surface area contributed by atoms with Crippen LogP contribution in [0.4, 0.5) is 0 Å². The second-order valence-corrected chi connectivity index (χ2v) is 4.75. The third-order valence-electron chi connectivity index (χ3n) is 2.28. The van der Waals surface area contributed by atoms with Gasteiger partial charge in [0.15, 0.2) is 0 Å². The Morgan fingerprint density at radius 2 is 1.33 bits per heavy atom. The Bertz CT molecular complexity index is 131. The van der Waals surface area contributed by atoms with E-state index in [9.17, 15) is 0 Å². The molecule has 0 aliphatic carbocycles. The summed E-state index contributed by atoms with van der Waals surface area (Å²) in [6.07, 6.45) is 4.00. The van der Waals surface area contributed by atoms with E-state index in [-0.39, 0.29) is 46.2 Å². The zero-order valence-electron chi connectivity index (χ0n) is 12.3. The van der Waals surface area contributed by atoms with Gasteiger partial charge < -0.3 is 9.60 Å². The van der Waals surface area contributed by atoms with Crippen LogP contribution in [-0.2, 0) is 0 Å². The van der Waals surface area contributed by atoms with Crippen LogP contribution in [0.2, 0.25) is 0 Å². The van der Waals surface area contributed by atoms with Crippen LogP contribution >= 0.6 is 0 Å². The smallest absolute Gasteiger partial charge is 1.00 e. The predicted octanol–water partition coefficient (Wildman–Crippen LogP) is -0.722. The van der Waals surface area contributed by atoms with Crippen molar-refractivity contribution in [2.24, 2.45) is 0 Å². The molecule has 0 aromatic carbocycles. The molecule has 0 aromatic rings. The molecule has 12 heavy (non-hydrogen) atoms. The topological polar surface area (TPSA) is 12.0 Å². The van der Waals surface area contributed by atoms with Gasteiger partial charge in [0.1, 0.15) is 0 Å². The van der Waals surface area contributed by atoms with Crippen molar-refractivity contribution < 1.29 is 23.1 Å². The largest absolute Gasteiger partial charge is 2.00 e. The van der Waals surface area contributed by atoms with Crippen molar-refractivity contribution in [3.8, 4) is 0 Å². The van der Waals surface area contributed by atoms with E-state index in [0.717, 1.165) is 0 Å². The molecule has 1 heterocycles. The summed E-state index contributed by atoms with van der Waals surface area (Å²) < 4.78 is 0. The fraction of sp³-hybridized carbons (Fsp3) is 1.00. The van der Waals surface area contributed by atoms with Gasteiger partial charge in [-0.2, -0.15) is 0 Å². The number of rotatable bonds is 0. The second-order valence-electron chi connectivity index (χ2n) is 4.75. The van der Waals surface area contributed by atoms with E-state index in [2.05, 4.69) is 33.0 Å². The molecule has 1 N–H and O–H groups in total. The van der Waals surface area contributed by atoms with Gasteiger partial charge in [-0.1, -0.05) is 0 Å². The normalized spacial score (nSPS) is 25.0. The third kappa shape index (κ3) is 5.14. The molecule has 1 rings (SSSR count). The first kappa shape index (κ1) is 15.8. The molecule has 0 spiro atoms. The Morgan fingerprint density at radius 3 is 1.50 bits per heavy atom. The van der Waals surface area contributed by atoms with Crippen LogP contribution in [0.15, 0.2) is 0 Å². The van der Waals surface area contributed by atoms with Crippen LogP contribution in [-0.4, -0.2) is 34.1 Å². The zero-order chi connectivity index (χ0) is 7.83. The van der Waals surface area contributed by atoms with Gasteiger partial charge in [0, 0.05) is 11.1 Å². The number of piperidine rings is 1. The summed E-state index contributed by atoms with van der Waals surface area (Å²) in [5, 5.41) is 3.63. The Hall–Kier alpha value is 1.32. The Balaban J connectivity index is -0.0000000667. The minimum atomic E-state index is 0. The van der Waals surface area contributed by atoms with Crippen LogP contribution in [0.1, 0.15) is 51.2 Å². The SMILES string of the molecule is CC1(C)CCCC(C)(C)N1.[H-].[H-].[H-].[Li+].[Mg+2]. The maximum absolute atomic E-state index is 3.63. The van der Waals surface area contributed by atoms with Gasteiger partial charge in [0.05, 0.1) is 0 Å². The molecule has 0 atom stereocenters. The average Bonchev–Trinajstić information content (AvgIpc) is 1.56.